The Hall–Kier alpha value is -1.84. The van der Waals surface area contributed by atoms with Crippen LogP contribution < -0.4 is 5.32 Å². The van der Waals surface area contributed by atoms with Crippen LogP contribution in [0.25, 0.3) is 10.9 Å². The molecule has 2 aromatic carbocycles. The summed E-state index contributed by atoms with van der Waals surface area (Å²) < 4.78 is 15.7. The number of fused-ring (bicyclic) bond motifs is 1. The third-order valence-electron chi connectivity index (χ3n) is 7.98. The van der Waals surface area contributed by atoms with Gasteiger partial charge in [0, 0.05) is 41.3 Å². The zero-order valence-corrected chi connectivity index (χ0v) is 17.9. The van der Waals surface area contributed by atoms with Crippen LogP contribution in [0.4, 0.5) is 4.39 Å². The Labute approximate surface area is 182 Å². The minimum atomic E-state index is -0.290. The van der Waals surface area contributed by atoms with Crippen LogP contribution in [0.3, 0.4) is 0 Å². The number of benzene rings is 2. The number of hydrogen-bond donors (Lipinski definition) is 1. The molecule has 1 heterocycles. The average Bonchev–Trinajstić information content (AvgIpc) is 3.07. The van der Waals surface area contributed by atoms with Gasteiger partial charge in [0.25, 0.3) is 0 Å². The van der Waals surface area contributed by atoms with Crippen molar-refractivity contribution in [3.63, 3.8) is 0 Å². The summed E-state index contributed by atoms with van der Waals surface area (Å²) >= 11 is 6.30. The molecule has 1 aromatic heterocycles. The van der Waals surface area contributed by atoms with Crippen LogP contribution >= 0.6 is 11.6 Å². The maximum absolute atomic E-state index is 13.4. The first-order valence-electron chi connectivity index (χ1n) is 11.4. The van der Waals surface area contributed by atoms with Crippen LogP contribution in [0.1, 0.15) is 43.2 Å². The number of nitrogens with one attached hydrogen (secondary N) is 1. The van der Waals surface area contributed by atoms with Gasteiger partial charge in [0.15, 0.2) is 0 Å². The van der Waals surface area contributed by atoms with E-state index in [1.165, 1.54) is 60.7 Å². The summed E-state index contributed by atoms with van der Waals surface area (Å²) in [4.78, 5) is 0. The van der Waals surface area contributed by atoms with E-state index in [9.17, 15) is 4.39 Å². The summed E-state index contributed by atoms with van der Waals surface area (Å²) in [7, 11) is 0. The van der Waals surface area contributed by atoms with Gasteiger partial charge in [-0.05, 0) is 85.1 Å². The lowest BCUT2D eigenvalue weighted by Gasteiger charge is -2.54. The standard InChI is InChI=1S/C26H28ClFN2/c27-24-12-22(28)6-5-18(24)14-30-15-21(23-3-1-2-4-25(23)30)13-29-26-19-8-16-7-17(10-19)11-20(26)9-16/h1-6,12,15-17,19-20,26,29H,7-11,13-14H2. The van der Waals surface area contributed by atoms with Crippen LogP contribution in [0, 0.1) is 29.5 Å². The summed E-state index contributed by atoms with van der Waals surface area (Å²) in [6.07, 6.45) is 9.52. The first-order chi connectivity index (χ1) is 14.6. The Morgan fingerprint density at radius 3 is 2.40 bits per heavy atom. The first-order valence-corrected chi connectivity index (χ1v) is 11.8. The summed E-state index contributed by atoms with van der Waals surface area (Å²) in [6.45, 7) is 1.56. The summed E-state index contributed by atoms with van der Waals surface area (Å²) in [6, 6.07) is 13.9. The third-order valence-corrected chi connectivity index (χ3v) is 8.33. The minimum absolute atomic E-state index is 0.290. The van der Waals surface area contributed by atoms with Crippen LogP contribution in [-0.4, -0.2) is 10.6 Å². The van der Waals surface area contributed by atoms with E-state index in [1.807, 2.05) is 0 Å². The molecule has 0 aliphatic heterocycles. The molecule has 4 bridgehead atoms. The van der Waals surface area contributed by atoms with Crippen molar-refractivity contribution in [3.05, 3.63) is 70.6 Å². The van der Waals surface area contributed by atoms with Crippen molar-refractivity contribution in [1.29, 1.82) is 0 Å². The fourth-order valence-electron chi connectivity index (χ4n) is 6.91. The van der Waals surface area contributed by atoms with Crippen molar-refractivity contribution in [2.24, 2.45) is 23.7 Å². The molecule has 4 aliphatic rings. The highest BCUT2D eigenvalue weighted by molar-refractivity contribution is 6.31. The van der Waals surface area contributed by atoms with Gasteiger partial charge in [0.2, 0.25) is 0 Å². The van der Waals surface area contributed by atoms with Crippen LogP contribution in [0.2, 0.25) is 5.02 Å². The fourth-order valence-corrected chi connectivity index (χ4v) is 7.14. The van der Waals surface area contributed by atoms with Gasteiger partial charge in [-0.1, -0.05) is 35.9 Å². The normalized spacial score (nSPS) is 29.7. The molecule has 156 valence electrons. The van der Waals surface area contributed by atoms with E-state index in [1.54, 1.807) is 6.07 Å². The van der Waals surface area contributed by atoms with Gasteiger partial charge in [-0.2, -0.15) is 0 Å². The average molecular weight is 423 g/mol. The van der Waals surface area contributed by atoms with Crippen LogP contribution in [-0.2, 0) is 13.1 Å². The van der Waals surface area contributed by atoms with Gasteiger partial charge in [-0.25, -0.2) is 4.39 Å². The summed E-state index contributed by atoms with van der Waals surface area (Å²) in [5, 5.41) is 5.77. The van der Waals surface area contributed by atoms with Gasteiger partial charge in [-0.3, -0.25) is 0 Å². The molecule has 4 saturated carbocycles. The predicted molar refractivity (Wildman–Crippen MR) is 120 cm³/mol. The molecule has 0 amide bonds. The number of nitrogens with zero attached hydrogens (tertiary/aromatic N) is 1. The Kier molecular flexibility index (Phi) is 4.65. The Bertz CT molecular complexity index is 1060. The van der Waals surface area contributed by atoms with E-state index in [4.69, 9.17) is 11.6 Å². The molecule has 2 nitrogen and oxygen atoms in total. The van der Waals surface area contributed by atoms with Crippen molar-refractivity contribution in [2.75, 3.05) is 0 Å². The van der Waals surface area contributed by atoms with Crippen molar-refractivity contribution < 1.29 is 4.39 Å². The molecular weight excluding hydrogens is 395 g/mol. The van der Waals surface area contributed by atoms with Gasteiger partial charge in [0.05, 0.1) is 0 Å². The SMILES string of the molecule is Fc1ccc(Cn2cc(CNC3C4CC5CC(C4)CC3C5)c3ccccc32)c(Cl)c1. The zero-order valence-electron chi connectivity index (χ0n) is 17.2. The molecule has 4 heteroatoms. The molecule has 4 aliphatic carbocycles. The predicted octanol–water partition coefficient (Wildman–Crippen LogP) is 6.40. The van der Waals surface area contributed by atoms with E-state index in [-0.39, 0.29) is 5.82 Å². The van der Waals surface area contributed by atoms with E-state index in [2.05, 4.69) is 40.3 Å². The summed E-state index contributed by atoms with van der Waals surface area (Å²) in [5.41, 5.74) is 3.50. The van der Waals surface area contributed by atoms with Crippen molar-refractivity contribution >= 4 is 22.5 Å². The molecule has 7 rings (SSSR count). The molecule has 0 spiro atoms. The highest BCUT2D eigenvalue weighted by Crippen LogP contribution is 2.53. The Balaban J connectivity index is 1.25. The number of hydrogen-bond acceptors (Lipinski definition) is 1. The molecule has 0 unspecified atom stereocenters. The quantitative estimate of drug-likeness (QED) is 0.503. The van der Waals surface area contributed by atoms with E-state index < -0.39 is 0 Å². The van der Waals surface area contributed by atoms with Gasteiger partial charge in [0.1, 0.15) is 5.82 Å². The lowest BCUT2D eigenvalue weighted by atomic mass is 9.54. The van der Waals surface area contributed by atoms with Gasteiger partial charge >= 0.3 is 0 Å². The molecule has 3 aromatic rings. The van der Waals surface area contributed by atoms with E-state index >= 15 is 0 Å². The Morgan fingerprint density at radius 2 is 1.67 bits per heavy atom. The molecule has 0 atom stereocenters. The van der Waals surface area contributed by atoms with Crippen molar-refractivity contribution in [3.8, 4) is 0 Å². The van der Waals surface area contributed by atoms with Crippen LogP contribution in [0.5, 0.6) is 0 Å². The van der Waals surface area contributed by atoms with E-state index in [0.29, 0.717) is 17.6 Å². The lowest BCUT2D eigenvalue weighted by molar-refractivity contribution is -0.0142. The smallest absolute Gasteiger partial charge is 0.124 e. The molecule has 4 fully saturated rings. The second kappa shape index (κ2) is 7.39. The second-order valence-corrected chi connectivity index (χ2v) is 10.3. The third kappa shape index (κ3) is 3.27. The lowest BCUT2D eigenvalue weighted by Crippen LogP contribution is -2.54. The number of rotatable bonds is 5. The number of para-hydroxylation sites is 1. The van der Waals surface area contributed by atoms with E-state index in [0.717, 1.165) is 35.8 Å². The van der Waals surface area contributed by atoms with Gasteiger partial charge in [-0.15, -0.1) is 0 Å². The second-order valence-electron chi connectivity index (χ2n) is 9.87. The maximum Gasteiger partial charge on any atom is 0.124 e. The fraction of sp³-hybridized carbons (Fsp3) is 0.462. The van der Waals surface area contributed by atoms with Crippen molar-refractivity contribution in [2.45, 2.75) is 51.2 Å². The molecule has 30 heavy (non-hydrogen) atoms. The number of halogens is 2. The molecule has 0 saturated heterocycles. The Morgan fingerprint density at radius 1 is 0.933 bits per heavy atom. The molecule has 0 radical (unpaired) electrons. The van der Waals surface area contributed by atoms with Crippen LogP contribution in [0.15, 0.2) is 48.7 Å². The highest BCUT2D eigenvalue weighted by atomic mass is 35.5. The largest absolute Gasteiger partial charge is 0.343 e. The monoisotopic (exact) mass is 422 g/mol. The maximum atomic E-state index is 13.4. The molecular formula is C26H28ClFN2. The minimum Gasteiger partial charge on any atom is -0.343 e. The topological polar surface area (TPSA) is 17.0 Å². The summed E-state index contributed by atoms with van der Waals surface area (Å²) in [5.74, 6) is 3.49. The number of aromatic nitrogens is 1. The van der Waals surface area contributed by atoms with Crippen molar-refractivity contribution in [1.82, 2.24) is 9.88 Å². The first kappa shape index (κ1) is 18.9. The molecule has 1 N–H and O–H groups in total. The highest BCUT2D eigenvalue weighted by Gasteiger charge is 2.47. The van der Waals surface area contributed by atoms with Gasteiger partial charge < -0.3 is 9.88 Å². The zero-order chi connectivity index (χ0) is 20.2.